The molecule has 112 valence electrons. The molecule has 0 saturated heterocycles. The summed E-state index contributed by atoms with van der Waals surface area (Å²) in [6.45, 7) is 11.1. The fourth-order valence-electron chi connectivity index (χ4n) is 1.91. The Kier molecular flexibility index (Phi) is 6.84. The zero-order chi connectivity index (χ0) is 15.0. The van der Waals surface area contributed by atoms with Crippen molar-refractivity contribution >= 4 is 11.8 Å². The lowest BCUT2D eigenvalue weighted by atomic mass is 10.2. The molecule has 0 saturated carbocycles. The Labute approximate surface area is 122 Å². The van der Waals surface area contributed by atoms with Crippen LogP contribution in [0.1, 0.15) is 33.3 Å². The number of nitrogens with zero attached hydrogens (tertiary/aromatic N) is 3. The summed E-state index contributed by atoms with van der Waals surface area (Å²) in [6.07, 6.45) is 1.92. The maximum Gasteiger partial charge on any atom is 0.191 e. The van der Waals surface area contributed by atoms with Gasteiger partial charge in [-0.2, -0.15) is 0 Å². The minimum absolute atomic E-state index is 0.365. The van der Waals surface area contributed by atoms with Crippen LogP contribution in [0.25, 0.3) is 0 Å². The van der Waals surface area contributed by atoms with Gasteiger partial charge in [-0.25, -0.2) is 4.98 Å². The first-order valence-corrected chi connectivity index (χ1v) is 7.27. The second-order valence-corrected chi connectivity index (χ2v) is 4.92. The summed E-state index contributed by atoms with van der Waals surface area (Å²) in [5.74, 6) is 1.84. The molecule has 0 unspecified atom stereocenters. The summed E-state index contributed by atoms with van der Waals surface area (Å²) >= 11 is 0. The zero-order valence-electron chi connectivity index (χ0n) is 13.3. The van der Waals surface area contributed by atoms with Crippen molar-refractivity contribution < 1.29 is 0 Å². The first kappa shape index (κ1) is 16.3. The molecule has 0 fully saturated rings. The van der Waals surface area contributed by atoms with Gasteiger partial charge in [0.15, 0.2) is 5.96 Å². The Bertz CT molecular complexity index is 407. The van der Waals surface area contributed by atoms with E-state index in [1.807, 2.05) is 6.20 Å². The number of aromatic nitrogens is 1. The van der Waals surface area contributed by atoms with Crippen LogP contribution in [0.2, 0.25) is 0 Å². The van der Waals surface area contributed by atoms with E-state index >= 15 is 0 Å². The topological polar surface area (TPSA) is 52.5 Å². The van der Waals surface area contributed by atoms with Crippen molar-refractivity contribution in [2.45, 2.75) is 40.3 Å². The number of pyridine rings is 1. The van der Waals surface area contributed by atoms with Crippen molar-refractivity contribution in [3.63, 3.8) is 0 Å². The second kappa shape index (κ2) is 8.40. The van der Waals surface area contributed by atoms with Crippen LogP contribution in [-0.2, 0) is 6.54 Å². The predicted molar refractivity (Wildman–Crippen MR) is 86.3 cm³/mol. The van der Waals surface area contributed by atoms with Crippen LogP contribution in [0, 0.1) is 0 Å². The largest absolute Gasteiger partial charge is 0.357 e. The minimum Gasteiger partial charge on any atom is -0.357 e. The van der Waals surface area contributed by atoms with Crippen molar-refractivity contribution in [3.8, 4) is 0 Å². The molecule has 0 spiro atoms. The molecule has 2 N–H and O–H groups in total. The quantitative estimate of drug-likeness (QED) is 0.617. The van der Waals surface area contributed by atoms with Gasteiger partial charge in [-0.1, -0.05) is 6.07 Å². The Hall–Kier alpha value is -1.78. The first-order chi connectivity index (χ1) is 9.60. The van der Waals surface area contributed by atoms with Gasteiger partial charge in [0.1, 0.15) is 5.82 Å². The molecule has 0 aromatic carbocycles. The normalized spacial score (nSPS) is 11.6. The number of nitrogens with one attached hydrogen (secondary N) is 2. The number of rotatable bonds is 6. The van der Waals surface area contributed by atoms with Crippen LogP contribution >= 0.6 is 0 Å². The lowest BCUT2D eigenvalue weighted by Crippen LogP contribution is -2.40. The molecule has 0 atom stereocenters. The highest BCUT2D eigenvalue weighted by atomic mass is 15.2. The van der Waals surface area contributed by atoms with Gasteiger partial charge in [0.05, 0.1) is 0 Å². The second-order valence-electron chi connectivity index (χ2n) is 4.92. The summed E-state index contributed by atoms with van der Waals surface area (Å²) in [5, 5.41) is 6.54. The predicted octanol–water partition coefficient (Wildman–Crippen LogP) is 2.00. The summed E-state index contributed by atoms with van der Waals surface area (Å²) in [6, 6.07) is 4.54. The fourth-order valence-corrected chi connectivity index (χ4v) is 1.91. The van der Waals surface area contributed by atoms with Gasteiger partial charge in [-0.05, 0) is 39.3 Å². The molecule has 5 nitrogen and oxygen atoms in total. The van der Waals surface area contributed by atoms with Crippen LogP contribution in [0.3, 0.4) is 0 Å². The van der Waals surface area contributed by atoms with Crippen molar-refractivity contribution in [1.82, 2.24) is 15.6 Å². The van der Waals surface area contributed by atoms with Crippen LogP contribution in [0.4, 0.5) is 5.82 Å². The third kappa shape index (κ3) is 5.07. The summed E-state index contributed by atoms with van der Waals surface area (Å²) in [7, 11) is 1.78. The number of hydrogen-bond acceptors (Lipinski definition) is 3. The van der Waals surface area contributed by atoms with Gasteiger partial charge in [0, 0.05) is 38.9 Å². The lowest BCUT2D eigenvalue weighted by Gasteiger charge is -2.20. The first-order valence-electron chi connectivity index (χ1n) is 7.27. The molecule has 0 aliphatic carbocycles. The van der Waals surface area contributed by atoms with E-state index in [4.69, 9.17) is 0 Å². The van der Waals surface area contributed by atoms with Crippen molar-refractivity contribution in [3.05, 3.63) is 23.9 Å². The highest BCUT2D eigenvalue weighted by Crippen LogP contribution is 2.10. The SMILES string of the molecule is CCN(CC)c1ccc(CNC(=NC)NC(C)C)cn1. The lowest BCUT2D eigenvalue weighted by molar-refractivity contribution is 0.699. The van der Waals surface area contributed by atoms with Gasteiger partial charge >= 0.3 is 0 Å². The molecule has 20 heavy (non-hydrogen) atoms. The monoisotopic (exact) mass is 277 g/mol. The average Bonchev–Trinajstić information content (AvgIpc) is 2.45. The highest BCUT2D eigenvalue weighted by molar-refractivity contribution is 5.79. The maximum absolute atomic E-state index is 4.51. The van der Waals surface area contributed by atoms with Crippen molar-refractivity contribution in [2.24, 2.45) is 4.99 Å². The number of guanidine groups is 1. The number of anilines is 1. The van der Waals surface area contributed by atoms with Crippen LogP contribution in [-0.4, -0.2) is 37.1 Å². The Balaban J connectivity index is 2.57. The summed E-state index contributed by atoms with van der Waals surface area (Å²) in [5.41, 5.74) is 1.15. The number of aliphatic imine (C=N–C) groups is 1. The van der Waals surface area contributed by atoms with E-state index < -0.39 is 0 Å². The summed E-state index contributed by atoms with van der Waals surface area (Å²) < 4.78 is 0. The summed E-state index contributed by atoms with van der Waals surface area (Å²) in [4.78, 5) is 10.9. The maximum atomic E-state index is 4.51. The zero-order valence-corrected chi connectivity index (χ0v) is 13.3. The Morgan fingerprint density at radius 1 is 1.30 bits per heavy atom. The molecular weight excluding hydrogens is 250 g/mol. The molecule has 1 aromatic rings. The molecule has 1 aromatic heterocycles. The van der Waals surface area contributed by atoms with Gasteiger partial charge in [-0.15, -0.1) is 0 Å². The minimum atomic E-state index is 0.365. The fraction of sp³-hybridized carbons (Fsp3) is 0.600. The molecule has 5 heteroatoms. The molecule has 0 aliphatic heterocycles. The van der Waals surface area contributed by atoms with Gasteiger partial charge in [0.25, 0.3) is 0 Å². The molecular formula is C15H27N5. The Morgan fingerprint density at radius 2 is 2.00 bits per heavy atom. The molecule has 1 heterocycles. The van der Waals surface area contributed by atoms with Crippen molar-refractivity contribution in [1.29, 1.82) is 0 Å². The number of hydrogen-bond donors (Lipinski definition) is 2. The van der Waals surface area contributed by atoms with E-state index in [1.165, 1.54) is 0 Å². The van der Waals surface area contributed by atoms with Gasteiger partial charge in [-0.3, -0.25) is 4.99 Å². The van der Waals surface area contributed by atoms with E-state index in [0.29, 0.717) is 6.04 Å². The molecule has 0 bridgehead atoms. The van der Waals surface area contributed by atoms with E-state index in [2.05, 4.69) is 65.3 Å². The van der Waals surface area contributed by atoms with Crippen molar-refractivity contribution in [2.75, 3.05) is 25.0 Å². The third-order valence-electron chi connectivity index (χ3n) is 3.01. The van der Waals surface area contributed by atoms with Gasteiger partial charge < -0.3 is 15.5 Å². The standard InChI is InChI=1S/C15H27N5/c1-6-20(7-2)14-9-8-13(10-17-14)11-18-15(16-5)19-12(3)4/h8-10,12H,6-7,11H2,1-5H3,(H2,16,18,19). The van der Waals surface area contributed by atoms with Gasteiger partial charge in [0.2, 0.25) is 0 Å². The Morgan fingerprint density at radius 3 is 2.45 bits per heavy atom. The van der Waals surface area contributed by atoms with E-state index in [1.54, 1.807) is 7.05 Å². The third-order valence-corrected chi connectivity index (χ3v) is 3.01. The van der Waals surface area contributed by atoms with E-state index in [0.717, 1.165) is 37.0 Å². The average molecular weight is 277 g/mol. The van der Waals surface area contributed by atoms with E-state index in [9.17, 15) is 0 Å². The van der Waals surface area contributed by atoms with E-state index in [-0.39, 0.29) is 0 Å². The van der Waals surface area contributed by atoms with Crippen LogP contribution in [0.15, 0.2) is 23.3 Å². The molecule has 1 rings (SSSR count). The molecule has 0 amide bonds. The highest BCUT2D eigenvalue weighted by Gasteiger charge is 2.04. The molecule has 0 radical (unpaired) electrons. The van der Waals surface area contributed by atoms with Crippen LogP contribution < -0.4 is 15.5 Å². The smallest absolute Gasteiger partial charge is 0.191 e. The molecule has 0 aliphatic rings. The van der Waals surface area contributed by atoms with Crippen LogP contribution in [0.5, 0.6) is 0 Å².